The van der Waals surface area contributed by atoms with Gasteiger partial charge in [0.05, 0.1) is 29.9 Å². The van der Waals surface area contributed by atoms with E-state index >= 15 is 0 Å². The molecule has 0 heterocycles. The predicted octanol–water partition coefficient (Wildman–Crippen LogP) is 3.12. The van der Waals surface area contributed by atoms with Crippen LogP contribution in [0.3, 0.4) is 0 Å². The van der Waals surface area contributed by atoms with E-state index < -0.39 is 5.97 Å². The summed E-state index contributed by atoms with van der Waals surface area (Å²) in [6, 6.07) is 2.81. The highest BCUT2D eigenvalue weighted by molar-refractivity contribution is 6.34. The van der Waals surface area contributed by atoms with Crippen LogP contribution < -0.4 is 4.74 Å². The molecule has 0 aromatic heterocycles. The van der Waals surface area contributed by atoms with Crippen molar-refractivity contribution in [1.29, 1.82) is 0 Å². The molecule has 0 aliphatic carbocycles. The molecule has 0 unspecified atom stereocenters. The van der Waals surface area contributed by atoms with Crippen molar-refractivity contribution in [2.45, 2.75) is 19.8 Å². The van der Waals surface area contributed by atoms with E-state index in [1.165, 1.54) is 19.2 Å². The summed E-state index contributed by atoms with van der Waals surface area (Å²) in [6.07, 6.45) is 2.36. The number of hydrogen-bond acceptors (Lipinski definition) is 4. The Morgan fingerprint density at radius 2 is 2.17 bits per heavy atom. The summed E-state index contributed by atoms with van der Waals surface area (Å²) in [5, 5.41) is 0.180. The summed E-state index contributed by atoms with van der Waals surface area (Å²) in [5.74, 6) is -0.207. The van der Waals surface area contributed by atoms with Gasteiger partial charge in [-0.15, -0.1) is 0 Å². The van der Waals surface area contributed by atoms with E-state index in [2.05, 4.69) is 0 Å². The third-order valence-electron chi connectivity index (χ3n) is 2.40. The lowest BCUT2D eigenvalue weighted by Gasteiger charge is -2.09. The molecule has 5 heteroatoms. The van der Waals surface area contributed by atoms with Gasteiger partial charge in [-0.05, 0) is 18.6 Å². The van der Waals surface area contributed by atoms with Gasteiger partial charge in [-0.1, -0.05) is 24.9 Å². The maximum absolute atomic E-state index is 11.8. The number of ether oxygens (including phenoxy) is 2. The van der Waals surface area contributed by atoms with Crippen molar-refractivity contribution < 1.29 is 19.1 Å². The van der Waals surface area contributed by atoms with Crippen molar-refractivity contribution in [2.24, 2.45) is 0 Å². The van der Waals surface area contributed by atoms with Crippen LogP contribution in [-0.2, 0) is 4.74 Å². The van der Waals surface area contributed by atoms with Crippen LogP contribution >= 0.6 is 11.6 Å². The highest BCUT2D eigenvalue weighted by Crippen LogP contribution is 2.26. The smallest absolute Gasteiger partial charge is 0.339 e. The summed E-state index contributed by atoms with van der Waals surface area (Å²) in [4.78, 5) is 22.5. The van der Waals surface area contributed by atoms with E-state index in [4.69, 9.17) is 21.1 Å². The van der Waals surface area contributed by atoms with Crippen molar-refractivity contribution in [3.05, 3.63) is 28.3 Å². The number of esters is 1. The SMILES string of the molecule is CCCCOC(=O)c1cc(OC)c(C=O)cc1Cl. The third-order valence-corrected chi connectivity index (χ3v) is 2.71. The number of aldehydes is 1. The lowest BCUT2D eigenvalue weighted by atomic mass is 10.1. The van der Waals surface area contributed by atoms with Crippen LogP contribution in [0.1, 0.15) is 40.5 Å². The van der Waals surface area contributed by atoms with E-state index in [-0.39, 0.29) is 10.6 Å². The molecule has 0 aliphatic rings. The normalized spacial score (nSPS) is 9.94. The zero-order valence-electron chi connectivity index (χ0n) is 10.4. The molecule has 4 nitrogen and oxygen atoms in total. The summed E-state index contributed by atoms with van der Waals surface area (Å²) in [6.45, 7) is 2.35. The van der Waals surface area contributed by atoms with Gasteiger partial charge < -0.3 is 9.47 Å². The van der Waals surface area contributed by atoms with Crippen molar-refractivity contribution in [2.75, 3.05) is 13.7 Å². The number of hydrogen-bond donors (Lipinski definition) is 0. The second-order valence-electron chi connectivity index (χ2n) is 3.68. The Kier molecular flexibility index (Phi) is 5.65. The molecule has 18 heavy (non-hydrogen) atoms. The van der Waals surface area contributed by atoms with Gasteiger partial charge in [0, 0.05) is 0 Å². The number of benzene rings is 1. The summed E-state index contributed by atoms with van der Waals surface area (Å²) >= 11 is 5.93. The van der Waals surface area contributed by atoms with Crippen LogP contribution in [0.15, 0.2) is 12.1 Å². The van der Waals surface area contributed by atoms with Gasteiger partial charge in [0.15, 0.2) is 6.29 Å². The summed E-state index contributed by atoms with van der Waals surface area (Å²) < 4.78 is 10.1. The fraction of sp³-hybridized carbons (Fsp3) is 0.385. The first kappa shape index (κ1) is 14.5. The van der Waals surface area contributed by atoms with Crippen LogP contribution in [0.25, 0.3) is 0 Å². The molecule has 1 aromatic rings. The Labute approximate surface area is 111 Å². The van der Waals surface area contributed by atoms with Crippen LogP contribution in [0.5, 0.6) is 5.75 Å². The Morgan fingerprint density at radius 3 is 2.72 bits per heavy atom. The number of rotatable bonds is 6. The van der Waals surface area contributed by atoms with Gasteiger partial charge in [-0.3, -0.25) is 4.79 Å². The van der Waals surface area contributed by atoms with Gasteiger partial charge in [0.25, 0.3) is 0 Å². The van der Waals surface area contributed by atoms with E-state index in [1.54, 1.807) is 0 Å². The molecule has 0 amide bonds. The molecule has 0 spiro atoms. The van der Waals surface area contributed by atoms with E-state index in [0.717, 1.165) is 12.8 Å². The minimum Gasteiger partial charge on any atom is -0.496 e. The Bertz CT molecular complexity index is 443. The second kappa shape index (κ2) is 7.01. The van der Waals surface area contributed by atoms with Crippen molar-refractivity contribution in [1.82, 2.24) is 0 Å². The minimum absolute atomic E-state index is 0.180. The van der Waals surface area contributed by atoms with E-state index in [0.29, 0.717) is 24.2 Å². The number of carbonyl (C=O) groups excluding carboxylic acids is 2. The molecule has 0 saturated carbocycles. The third kappa shape index (κ3) is 3.47. The largest absolute Gasteiger partial charge is 0.496 e. The van der Waals surface area contributed by atoms with Crippen LogP contribution in [-0.4, -0.2) is 26.0 Å². The highest BCUT2D eigenvalue weighted by atomic mass is 35.5. The minimum atomic E-state index is -0.510. The average Bonchev–Trinajstić information content (AvgIpc) is 2.38. The number of methoxy groups -OCH3 is 1. The van der Waals surface area contributed by atoms with Crippen molar-refractivity contribution in [3.63, 3.8) is 0 Å². The Morgan fingerprint density at radius 1 is 1.44 bits per heavy atom. The topological polar surface area (TPSA) is 52.6 Å². The first-order valence-corrected chi connectivity index (χ1v) is 6.01. The van der Waals surface area contributed by atoms with Crippen LogP contribution in [0.2, 0.25) is 5.02 Å². The first-order chi connectivity index (χ1) is 8.63. The van der Waals surface area contributed by atoms with Crippen LogP contribution in [0.4, 0.5) is 0 Å². The van der Waals surface area contributed by atoms with E-state index in [1.807, 2.05) is 6.92 Å². The second-order valence-corrected chi connectivity index (χ2v) is 4.09. The van der Waals surface area contributed by atoms with Gasteiger partial charge in [-0.2, -0.15) is 0 Å². The average molecular weight is 271 g/mol. The molecule has 98 valence electrons. The molecule has 0 atom stereocenters. The molecule has 0 saturated heterocycles. The Balaban J connectivity index is 2.94. The Hall–Kier alpha value is -1.55. The van der Waals surface area contributed by atoms with Crippen molar-refractivity contribution in [3.8, 4) is 5.75 Å². The standard InChI is InChI=1S/C13H15ClO4/c1-3-4-5-18-13(16)10-7-12(17-2)9(8-15)6-11(10)14/h6-8H,3-5H2,1-2H3. The van der Waals surface area contributed by atoms with Gasteiger partial charge >= 0.3 is 5.97 Å². The molecular formula is C13H15ClO4. The number of unbranched alkanes of at least 4 members (excludes halogenated alkanes) is 1. The molecule has 0 N–H and O–H groups in total. The van der Waals surface area contributed by atoms with E-state index in [9.17, 15) is 9.59 Å². The van der Waals surface area contributed by atoms with Gasteiger partial charge in [0.1, 0.15) is 5.75 Å². The zero-order chi connectivity index (χ0) is 13.5. The zero-order valence-corrected chi connectivity index (χ0v) is 11.1. The molecular weight excluding hydrogens is 256 g/mol. The molecule has 0 fully saturated rings. The molecule has 0 aliphatic heterocycles. The maximum atomic E-state index is 11.8. The van der Waals surface area contributed by atoms with Gasteiger partial charge in [0.2, 0.25) is 0 Å². The van der Waals surface area contributed by atoms with Gasteiger partial charge in [-0.25, -0.2) is 4.79 Å². The summed E-state index contributed by atoms with van der Waals surface area (Å²) in [5.41, 5.74) is 0.503. The number of halogens is 1. The molecule has 1 aromatic carbocycles. The predicted molar refractivity (Wildman–Crippen MR) is 68.6 cm³/mol. The number of carbonyl (C=O) groups is 2. The molecule has 0 radical (unpaired) electrons. The fourth-order valence-corrected chi connectivity index (χ4v) is 1.63. The first-order valence-electron chi connectivity index (χ1n) is 5.63. The lowest BCUT2D eigenvalue weighted by molar-refractivity contribution is 0.0499. The fourth-order valence-electron chi connectivity index (χ4n) is 1.38. The van der Waals surface area contributed by atoms with Crippen LogP contribution in [0, 0.1) is 0 Å². The molecule has 0 bridgehead atoms. The van der Waals surface area contributed by atoms with Crippen molar-refractivity contribution >= 4 is 23.9 Å². The highest BCUT2D eigenvalue weighted by Gasteiger charge is 2.16. The monoisotopic (exact) mass is 270 g/mol. The lowest BCUT2D eigenvalue weighted by Crippen LogP contribution is -2.08. The molecule has 1 rings (SSSR count). The quantitative estimate of drug-likeness (QED) is 0.453. The maximum Gasteiger partial charge on any atom is 0.339 e. The summed E-state index contributed by atoms with van der Waals surface area (Å²) in [7, 11) is 1.42.